The number of carbonyl (C=O) groups is 2. The van der Waals surface area contributed by atoms with E-state index in [1.165, 1.54) is 0 Å². The number of aryl methyl sites for hydroxylation is 2. The zero-order valence-electron chi connectivity index (χ0n) is 15.1. The minimum atomic E-state index is -0.222. The summed E-state index contributed by atoms with van der Waals surface area (Å²) in [6, 6.07) is 9.35. The third kappa shape index (κ3) is 5.17. The molecule has 0 radical (unpaired) electrons. The number of rotatable bonds is 8. The van der Waals surface area contributed by atoms with Crippen molar-refractivity contribution in [3.05, 3.63) is 47.3 Å². The maximum absolute atomic E-state index is 12.7. The summed E-state index contributed by atoms with van der Waals surface area (Å²) in [5, 5.41) is 9.85. The monoisotopic (exact) mass is 342 g/mol. The van der Waals surface area contributed by atoms with Crippen molar-refractivity contribution in [3.63, 3.8) is 0 Å². The van der Waals surface area contributed by atoms with Crippen LogP contribution in [-0.2, 0) is 11.2 Å². The molecule has 2 rings (SSSR count). The second kappa shape index (κ2) is 9.01. The smallest absolute Gasteiger partial charge is 0.274 e. The number of aromatic amines is 1. The molecule has 134 valence electrons. The molecule has 1 aromatic heterocycles. The van der Waals surface area contributed by atoms with Crippen LogP contribution in [0.1, 0.15) is 48.4 Å². The van der Waals surface area contributed by atoms with Gasteiger partial charge in [-0.25, -0.2) is 0 Å². The summed E-state index contributed by atoms with van der Waals surface area (Å²) in [7, 11) is 0. The molecule has 0 spiro atoms. The Kier molecular flexibility index (Phi) is 6.74. The molecular formula is C19H26N4O2. The van der Waals surface area contributed by atoms with Gasteiger partial charge in [-0.3, -0.25) is 14.7 Å². The van der Waals surface area contributed by atoms with Crippen LogP contribution in [0.3, 0.4) is 0 Å². The molecule has 0 fully saturated rings. The number of H-pyrrole nitrogens is 1. The number of anilines is 1. The van der Waals surface area contributed by atoms with Crippen molar-refractivity contribution in [3.8, 4) is 0 Å². The lowest BCUT2D eigenvalue weighted by Gasteiger charge is -2.20. The van der Waals surface area contributed by atoms with Crippen LogP contribution in [-0.4, -0.2) is 40.0 Å². The van der Waals surface area contributed by atoms with Gasteiger partial charge in [-0.2, -0.15) is 5.10 Å². The molecule has 0 aliphatic heterocycles. The topological polar surface area (TPSA) is 78.1 Å². The van der Waals surface area contributed by atoms with Gasteiger partial charge < -0.3 is 10.2 Å². The molecule has 25 heavy (non-hydrogen) atoms. The Hall–Kier alpha value is -2.63. The number of hydrogen-bond donors (Lipinski definition) is 2. The lowest BCUT2D eigenvalue weighted by molar-refractivity contribution is -0.116. The van der Waals surface area contributed by atoms with Gasteiger partial charge in [0.25, 0.3) is 5.91 Å². The van der Waals surface area contributed by atoms with Crippen LogP contribution in [0.4, 0.5) is 5.69 Å². The predicted molar refractivity (Wildman–Crippen MR) is 98.6 cm³/mol. The first kappa shape index (κ1) is 18.7. The summed E-state index contributed by atoms with van der Waals surface area (Å²) in [6.45, 7) is 6.50. The summed E-state index contributed by atoms with van der Waals surface area (Å²) < 4.78 is 0. The van der Waals surface area contributed by atoms with Gasteiger partial charge in [0.2, 0.25) is 5.91 Å². The Bertz CT molecular complexity index is 724. The van der Waals surface area contributed by atoms with Crippen LogP contribution in [0.15, 0.2) is 30.3 Å². The first-order chi connectivity index (χ1) is 12.0. The largest absolute Gasteiger partial charge is 0.328 e. The zero-order valence-corrected chi connectivity index (χ0v) is 15.1. The van der Waals surface area contributed by atoms with Crippen molar-refractivity contribution < 1.29 is 9.59 Å². The van der Waals surface area contributed by atoms with Crippen LogP contribution < -0.4 is 5.32 Å². The molecule has 0 bridgehead atoms. The van der Waals surface area contributed by atoms with Gasteiger partial charge in [0.1, 0.15) is 12.2 Å². The normalized spacial score (nSPS) is 10.5. The summed E-state index contributed by atoms with van der Waals surface area (Å²) in [5.41, 5.74) is 3.05. The van der Waals surface area contributed by atoms with Gasteiger partial charge in [0, 0.05) is 17.9 Å². The van der Waals surface area contributed by atoms with E-state index < -0.39 is 0 Å². The van der Waals surface area contributed by atoms with Crippen molar-refractivity contribution in [2.75, 3.05) is 18.4 Å². The van der Waals surface area contributed by atoms with E-state index in [-0.39, 0.29) is 18.4 Å². The second-order valence-corrected chi connectivity index (χ2v) is 6.12. The van der Waals surface area contributed by atoms with Gasteiger partial charge in [-0.15, -0.1) is 0 Å². The van der Waals surface area contributed by atoms with E-state index in [0.29, 0.717) is 12.2 Å². The van der Waals surface area contributed by atoms with E-state index in [9.17, 15) is 9.59 Å². The van der Waals surface area contributed by atoms with Crippen molar-refractivity contribution >= 4 is 17.5 Å². The van der Waals surface area contributed by atoms with Crippen LogP contribution >= 0.6 is 0 Å². The molecule has 1 heterocycles. The molecule has 0 aliphatic carbocycles. The highest BCUT2D eigenvalue weighted by Crippen LogP contribution is 2.13. The number of carbonyl (C=O) groups excluding carboxylic acids is 2. The Morgan fingerprint density at radius 1 is 1.20 bits per heavy atom. The molecule has 2 N–H and O–H groups in total. The summed E-state index contributed by atoms with van der Waals surface area (Å²) in [6.07, 6.45) is 2.60. The fourth-order valence-corrected chi connectivity index (χ4v) is 2.63. The Balaban J connectivity index is 2.04. The number of amides is 2. The molecule has 6 nitrogen and oxygen atoms in total. The van der Waals surface area contributed by atoms with E-state index in [2.05, 4.69) is 22.4 Å². The van der Waals surface area contributed by atoms with Crippen molar-refractivity contribution in [1.29, 1.82) is 0 Å². The lowest BCUT2D eigenvalue weighted by atomic mass is 10.2. The van der Waals surface area contributed by atoms with Crippen LogP contribution in [0, 0.1) is 6.92 Å². The fraction of sp³-hybridized carbons (Fsp3) is 0.421. The SMILES string of the molecule is CCCc1cc(C(=O)N(CCC)CC(=O)Nc2ccccc2C)n[nH]1. The molecule has 2 amide bonds. The van der Waals surface area contributed by atoms with Crippen molar-refractivity contribution in [2.24, 2.45) is 0 Å². The quantitative estimate of drug-likeness (QED) is 0.773. The van der Waals surface area contributed by atoms with E-state index >= 15 is 0 Å². The standard InChI is InChI=1S/C19H26N4O2/c1-4-8-15-12-17(22-21-15)19(25)23(11-5-2)13-18(24)20-16-10-7-6-9-14(16)3/h6-7,9-10,12H,4-5,8,11,13H2,1-3H3,(H,20,24)(H,21,22). The molecule has 0 unspecified atom stereocenters. The van der Waals surface area contributed by atoms with Gasteiger partial charge in [0.15, 0.2) is 0 Å². The van der Waals surface area contributed by atoms with Crippen LogP contribution in [0.25, 0.3) is 0 Å². The average Bonchev–Trinajstić information content (AvgIpc) is 3.05. The molecule has 0 saturated carbocycles. The highest BCUT2D eigenvalue weighted by Gasteiger charge is 2.21. The number of para-hydroxylation sites is 1. The van der Waals surface area contributed by atoms with Crippen LogP contribution in [0.5, 0.6) is 0 Å². The Labute approximate surface area is 148 Å². The number of benzene rings is 1. The van der Waals surface area contributed by atoms with E-state index in [0.717, 1.165) is 36.2 Å². The molecule has 0 saturated heterocycles. The molecule has 6 heteroatoms. The molecule has 0 atom stereocenters. The number of nitrogens with zero attached hydrogens (tertiary/aromatic N) is 2. The summed E-state index contributed by atoms with van der Waals surface area (Å²) in [5.74, 6) is -0.430. The minimum Gasteiger partial charge on any atom is -0.328 e. The third-order valence-corrected chi connectivity index (χ3v) is 3.90. The average molecular weight is 342 g/mol. The highest BCUT2D eigenvalue weighted by molar-refractivity contribution is 5.98. The first-order valence-electron chi connectivity index (χ1n) is 8.74. The highest BCUT2D eigenvalue weighted by atomic mass is 16.2. The van der Waals surface area contributed by atoms with Crippen molar-refractivity contribution in [1.82, 2.24) is 15.1 Å². The van der Waals surface area contributed by atoms with E-state index in [1.807, 2.05) is 38.1 Å². The third-order valence-electron chi connectivity index (χ3n) is 3.90. The molecular weight excluding hydrogens is 316 g/mol. The van der Waals surface area contributed by atoms with Gasteiger partial charge >= 0.3 is 0 Å². The molecule has 1 aromatic carbocycles. The summed E-state index contributed by atoms with van der Waals surface area (Å²) in [4.78, 5) is 26.6. The van der Waals surface area contributed by atoms with Gasteiger partial charge in [0.05, 0.1) is 0 Å². The number of nitrogens with one attached hydrogen (secondary N) is 2. The van der Waals surface area contributed by atoms with Crippen molar-refractivity contribution in [2.45, 2.75) is 40.0 Å². The second-order valence-electron chi connectivity index (χ2n) is 6.12. The van der Waals surface area contributed by atoms with E-state index in [1.54, 1.807) is 11.0 Å². The van der Waals surface area contributed by atoms with Crippen LogP contribution in [0.2, 0.25) is 0 Å². The summed E-state index contributed by atoms with van der Waals surface area (Å²) >= 11 is 0. The van der Waals surface area contributed by atoms with E-state index in [4.69, 9.17) is 0 Å². The maximum Gasteiger partial charge on any atom is 0.274 e. The maximum atomic E-state index is 12.7. The molecule has 2 aromatic rings. The number of hydrogen-bond acceptors (Lipinski definition) is 3. The van der Waals surface area contributed by atoms with Gasteiger partial charge in [-0.05, 0) is 37.5 Å². The Morgan fingerprint density at radius 2 is 1.96 bits per heavy atom. The fourth-order valence-electron chi connectivity index (χ4n) is 2.63. The Morgan fingerprint density at radius 3 is 2.64 bits per heavy atom. The number of aromatic nitrogens is 2. The first-order valence-corrected chi connectivity index (χ1v) is 8.74. The van der Waals surface area contributed by atoms with Gasteiger partial charge in [-0.1, -0.05) is 38.5 Å². The molecule has 0 aliphatic rings. The lowest BCUT2D eigenvalue weighted by Crippen LogP contribution is -2.38. The minimum absolute atomic E-state index is 0.0109. The zero-order chi connectivity index (χ0) is 18.2. The predicted octanol–water partition coefficient (Wildman–Crippen LogP) is 3.16.